The zero-order valence-electron chi connectivity index (χ0n) is 10.7. The quantitative estimate of drug-likeness (QED) is 0.783. The molecule has 0 unspecified atom stereocenters. The summed E-state index contributed by atoms with van der Waals surface area (Å²) >= 11 is 0. The first-order valence-electron chi connectivity index (χ1n) is 5.43. The van der Waals surface area contributed by atoms with Crippen LogP contribution in [0.5, 0.6) is 0 Å². The third-order valence-electron chi connectivity index (χ3n) is 2.49. The fraction of sp³-hybridized carbons (Fsp3) is 0.385. The van der Waals surface area contributed by atoms with Crippen LogP contribution in [0.4, 0.5) is 0 Å². The average molecular weight is 234 g/mol. The Morgan fingerprint density at radius 3 is 2.12 bits per heavy atom. The van der Waals surface area contributed by atoms with Crippen LogP contribution in [0.2, 0.25) is 0 Å². The third kappa shape index (κ3) is 3.31. The fourth-order valence-corrected chi connectivity index (χ4v) is 1.45. The number of hydrogen-bond acceptors (Lipinski definition) is 2. The van der Waals surface area contributed by atoms with E-state index in [2.05, 4.69) is 0 Å². The van der Waals surface area contributed by atoms with E-state index in [4.69, 9.17) is 0 Å². The van der Waals surface area contributed by atoms with E-state index < -0.39 is 0 Å². The molecule has 0 bridgehead atoms. The summed E-state index contributed by atoms with van der Waals surface area (Å²) in [6.45, 7) is 0. The van der Waals surface area contributed by atoms with Gasteiger partial charge in [-0.05, 0) is 11.6 Å². The Labute approximate surface area is 102 Å². The second-order valence-corrected chi connectivity index (χ2v) is 4.32. The van der Waals surface area contributed by atoms with Gasteiger partial charge in [-0.1, -0.05) is 18.2 Å². The van der Waals surface area contributed by atoms with Gasteiger partial charge in [0.15, 0.2) is 0 Å². The van der Waals surface area contributed by atoms with Gasteiger partial charge in [0.05, 0.1) is 6.42 Å². The topological polar surface area (TPSA) is 40.6 Å². The molecule has 4 nitrogen and oxygen atoms in total. The lowest BCUT2D eigenvalue weighted by Gasteiger charge is -2.15. The Bertz CT molecular complexity index is 425. The van der Waals surface area contributed by atoms with E-state index in [1.165, 1.54) is 9.80 Å². The summed E-state index contributed by atoms with van der Waals surface area (Å²) in [5.74, 6) is -0.0869. The molecule has 0 saturated carbocycles. The van der Waals surface area contributed by atoms with Crippen LogP contribution in [0.1, 0.15) is 15.9 Å². The highest BCUT2D eigenvalue weighted by Crippen LogP contribution is 2.12. The van der Waals surface area contributed by atoms with Crippen LogP contribution in [0.15, 0.2) is 24.3 Å². The number of hydrogen-bond donors (Lipinski definition) is 0. The number of amides is 2. The molecule has 0 aliphatic carbocycles. The maximum atomic E-state index is 11.9. The number of likely N-dealkylation sites (N-methyl/N-ethyl adjacent to an activating group) is 1. The van der Waals surface area contributed by atoms with Gasteiger partial charge >= 0.3 is 0 Å². The van der Waals surface area contributed by atoms with Gasteiger partial charge in [-0.3, -0.25) is 9.59 Å². The van der Waals surface area contributed by atoms with Crippen LogP contribution in [0, 0.1) is 0 Å². The first-order chi connectivity index (χ1) is 7.93. The smallest absolute Gasteiger partial charge is 0.253 e. The highest BCUT2D eigenvalue weighted by Gasteiger charge is 2.15. The lowest BCUT2D eigenvalue weighted by Crippen LogP contribution is -2.27. The van der Waals surface area contributed by atoms with Crippen LogP contribution in [0.3, 0.4) is 0 Å². The molecule has 0 aliphatic heterocycles. The predicted molar refractivity (Wildman–Crippen MR) is 66.9 cm³/mol. The van der Waals surface area contributed by atoms with E-state index in [1.807, 2.05) is 12.1 Å². The van der Waals surface area contributed by atoms with Gasteiger partial charge in [-0.25, -0.2) is 0 Å². The first kappa shape index (κ1) is 13.2. The molecule has 0 spiro atoms. The third-order valence-corrected chi connectivity index (χ3v) is 2.49. The minimum absolute atomic E-state index is 0.0102. The molecule has 1 aromatic carbocycles. The predicted octanol–water partition coefficient (Wildman–Crippen LogP) is 1.02. The van der Waals surface area contributed by atoms with E-state index in [0.29, 0.717) is 5.56 Å². The second kappa shape index (κ2) is 5.48. The molecular formula is C13H18N2O2. The van der Waals surface area contributed by atoms with Crippen molar-refractivity contribution in [2.24, 2.45) is 0 Å². The van der Waals surface area contributed by atoms with Crippen molar-refractivity contribution >= 4 is 11.8 Å². The molecule has 2 amide bonds. The monoisotopic (exact) mass is 234 g/mol. The van der Waals surface area contributed by atoms with Crippen molar-refractivity contribution in [3.8, 4) is 0 Å². The fourth-order valence-electron chi connectivity index (χ4n) is 1.45. The minimum atomic E-state index is -0.0767. The van der Waals surface area contributed by atoms with E-state index in [-0.39, 0.29) is 18.2 Å². The first-order valence-corrected chi connectivity index (χ1v) is 5.43. The van der Waals surface area contributed by atoms with Crippen molar-refractivity contribution in [1.82, 2.24) is 9.80 Å². The minimum Gasteiger partial charge on any atom is -0.349 e. The Balaban J connectivity index is 3.00. The van der Waals surface area contributed by atoms with Crippen LogP contribution in [0.25, 0.3) is 0 Å². The standard InChI is InChI=1S/C13H18N2O2/c1-14(2)12(16)9-10-7-5-6-8-11(10)13(17)15(3)4/h5-8H,9H2,1-4H3. The van der Waals surface area contributed by atoms with Crippen molar-refractivity contribution in [1.29, 1.82) is 0 Å². The molecule has 92 valence electrons. The van der Waals surface area contributed by atoms with Gasteiger partial charge < -0.3 is 9.80 Å². The number of carbonyl (C=O) groups excluding carboxylic acids is 2. The summed E-state index contributed by atoms with van der Waals surface area (Å²) in [6.07, 6.45) is 0.253. The zero-order chi connectivity index (χ0) is 13.0. The molecule has 0 radical (unpaired) electrons. The molecular weight excluding hydrogens is 216 g/mol. The number of nitrogens with zero attached hydrogens (tertiary/aromatic N) is 2. The molecule has 4 heteroatoms. The summed E-state index contributed by atoms with van der Waals surface area (Å²) in [4.78, 5) is 26.6. The summed E-state index contributed by atoms with van der Waals surface area (Å²) in [6, 6.07) is 7.21. The Hall–Kier alpha value is -1.84. The van der Waals surface area contributed by atoms with Gasteiger partial charge in [-0.15, -0.1) is 0 Å². The molecule has 1 rings (SSSR count). The SMILES string of the molecule is CN(C)C(=O)Cc1ccccc1C(=O)N(C)C. The van der Waals surface area contributed by atoms with E-state index in [0.717, 1.165) is 5.56 Å². The highest BCUT2D eigenvalue weighted by molar-refractivity contribution is 5.96. The van der Waals surface area contributed by atoms with Crippen molar-refractivity contribution in [3.05, 3.63) is 35.4 Å². The molecule has 0 N–H and O–H groups in total. The Morgan fingerprint density at radius 2 is 1.59 bits per heavy atom. The van der Waals surface area contributed by atoms with E-state index in [9.17, 15) is 9.59 Å². The Kier molecular flexibility index (Phi) is 4.26. The molecule has 0 saturated heterocycles. The van der Waals surface area contributed by atoms with Crippen molar-refractivity contribution < 1.29 is 9.59 Å². The zero-order valence-corrected chi connectivity index (χ0v) is 10.7. The number of rotatable bonds is 3. The lowest BCUT2D eigenvalue weighted by atomic mass is 10.0. The molecule has 0 atom stereocenters. The van der Waals surface area contributed by atoms with Crippen molar-refractivity contribution in [3.63, 3.8) is 0 Å². The van der Waals surface area contributed by atoms with Crippen LogP contribution in [-0.2, 0) is 11.2 Å². The largest absolute Gasteiger partial charge is 0.349 e. The summed E-state index contributed by atoms with van der Waals surface area (Å²) < 4.78 is 0. The molecule has 0 fully saturated rings. The van der Waals surface area contributed by atoms with Gasteiger partial charge in [0, 0.05) is 33.8 Å². The summed E-state index contributed by atoms with van der Waals surface area (Å²) in [5, 5.41) is 0. The molecule has 0 heterocycles. The van der Waals surface area contributed by atoms with Gasteiger partial charge in [0.2, 0.25) is 5.91 Å². The highest BCUT2D eigenvalue weighted by atomic mass is 16.2. The lowest BCUT2D eigenvalue weighted by molar-refractivity contribution is -0.127. The van der Waals surface area contributed by atoms with Crippen LogP contribution >= 0.6 is 0 Å². The van der Waals surface area contributed by atoms with Gasteiger partial charge in [-0.2, -0.15) is 0 Å². The molecule has 1 aromatic rings. The van der Waals surface area contributed by atoms with Gasteiger partial charge in [0.25, 0.3) is 5.91 Å². The Morgan fingerprint density at radius 1 is 1.00 bits per heavy atom. The molecule has 17 heavy (non-hydrogen) atoms. The number of benzene rings is 1. The maximum Gasteiger partial charge on any atom is 0.253 e. The molecule has 0 aliphatic rings. The average Bonchev–Trinajstić information content (AvgIpc) is 2.28. The normalized spacial score (nSPS) is 9.88. The van der Waals surface area contributed by atoms with Crippen molar-refractivity contribution in [2.75, 3.05) is 28.2 Å². The van der Waals surface area contributed by atoms with Crippen molar-refractivity contribution in [2.45, 2.75) is 6.42 Å². The molecule has 0 aromatic heterocycles. The summed E-state index contributed by atoms with van der Waals surface area (Å²) in [5.41, 5.74) is 1.36. The summed E-state index contributed by atoms with van der Waals surface area (Å²) in [7, 11) is 6.82. The maximum absolute atomic E-state index is 11.9. The number of carbonyl (C=O) groups is 2. The second-order valence-electron chi connectivity index (χ2n) is 4.32. The van der Waals surface area contributed by atoms with Crippen LogP contribution < -0.4 is 0 Å². The van der Waals surface area contributed by atoms with Gasteiger partial charge in [0.1, 0.15) is 0 Å². The van der Waals surface area contributed by atoms with E-state index in [1.54, 1.807) is 40.3 Å². The van der Waals surface area contributed by atoms with Crippen LogP contribution in [-0.4, -0.2) is 49.8 Å². The van der Waals surface area contributed by atoms with E-state index >= 15 is 0 Å².